The fourth-order valence-corrected chi connectivity index (χ4v) is 5.07. The molecule has 3 aromatic rings. The maximum Gasteiger partial charge on any atom is 0.234 e. The predicted molar refractivity (Wildman–Crippen MR) is 106 cm³/mol. The summed E-state index contributed by atoms with van der Waals surface area (Å²) in [5.74, 6) is 2.13. The lowest BCUT2D eigenvalue weighted by Gasteiger charge is -2.31. The summed E-state index contributed by atoms with van der Waals surface area (Å²) in [6.07, 6.45) is 0.485. The van der Waals surface area contributed by atoms with Crippen molar-refractivity contribution in [2.45, 2.75) is 23.5 Å². The van der Waals surface area contributed by atoms with Crippen LogP contribution in [0.5, 0.6) is 11.5 Å². The Hall–Kier alpha value is -2.60. The third-order valence-electron chi connectivity index (χ3n) is 4.80. The molecule has 0 spiro atoms. The van der Waals surface area contributed by atoms with Crippen LogP contribution in [0.3, 0.4) is 0 Å². The van der Waals surface area contributed by atoms with Crippen LogP contribution in [0.1, 0.15) is 18.2 Å². The molecule has 1 aliphatic heterocycles. The van der Waals surface area contributed by atoms with Crippen LogP contribution in [0, 0.1) is 0 Å². The van der Waals surface area contributed by atoms with Gasteiger partial charge in [0.1, 0.15) is 27.7 Å². The van der Waals surface area contributed by atoms with Crippen molar-refractivity contribution in [3.63, 3.8) is 0 Å². The number of para-hydroxylation sites is 1. The number of methoxy groups -OCH3 is 2. The summed E-state index contributed by atoms with van der Waals surface area (Å²) in [6, 6.07) is 15.6. The second kappa shape index (κ2) is 6.85. The Morgan fingerprint density at radius 2 is 1.81 bits per heavy atom. The summed E-state index contributed by atoms with van der Waals surface area (Å²) in [7, 11) is 3.25. The molecule has 1 saturated heterocycles. The van der Waals surface area contributed by atoms with Crippen LogP contribution >= 0.6 is 11.8 Å². The fraction of sp³-hybridized carbons (Fsp3) is 0.286. The zero-order valence-electron chi connectivity index (χ0n) is 15.4. The van der Waals surface area contributed by atoms with E-state index in [0.717, 1.165) is 22.3 Å². The SMILES string of the molecule is COc1cccc(OC)c1C1(Cc2cc3ccccc3o2)NC(=O)C(C)S1. The number of thioether (sulfide) groups is 1. The van der Waals surface area contributed by atoms with Crippen molar-refractivity contribution in [1.29, 1.82) is 0 Å². The summed E-state index contributed by atoms with van der Waals surface area (Å²) < 4.78 is 17.3. The summed E-state index contributed by atoms with van der Waals surface area (Å²) in [5, 5.41) is 4.03. The van der Waals surface area contributed by atoms with Gasteiger partial charge in [0.2, 0.25) is 5.91 Å². The second-order valence-electron chi connectivity index (χ2n) is 6.54. The van der Waals surface area contributed by atoms with Crippen molar-refractivity contribution in [3.8, 4) is 11.5 Å². The molecule has 1 aromatic heterocycles. The number of carbonyl (C=O) groups excluding carboxylic acids is 1. The molecule has 27 heavy (non-hydrogen) atoms. The minimum Gasteiger partial charge on any atom is -0.496 e. The van der Waals surface area contributed by atoms with E-state index in [1.54, 1.807) is 26.0 Å². The van der Waals surface area contributed by atoms with Gasteiger partial charge in [0, 0.05) is 11.8 Å². The lowest BCUT2D eigenvalue weighted by atomic mass is 9.98. The van der Waals surface area contributed by atoms with E-state index in [1.807, 2.05) is 55.5 Å². The Morgan fingerprint density at radius 1 is 1.11 bits per heavy atom. The van der Waals surface area contributed by atoms with E-state index in [4.69, 9.17) is 13.9 Å². The van der Waals surface area contributed by atoms with Crippen LogP contribution in [-0.4, -0.2) is 25.4 Å². The number of nitrogens with one attached hydrogen (secondary N) is 1. The van der Waals surface area contributed by atoms with Gasteiger partial charge >= 0.3 is 0 Å². The highest BCUT2D eigenvalue weighted by Gasteiger charge is 2.48. The van der Waals surface area contributed by atoms with Crippen molar-refractivity contribution >= 4 is 28.6 Å². The molecule has 0 radical (unpaired) electrons. The van der Waals surface area contributed by atoms with E-state index < -0.39 is 4.87 Å². The number of hydrogen-bond donors (Lipinski definition) is 1. The van der Waals surface area contributed by atoms with Crippen LogP contribution in [0.4, 0.5) is 0 Å². The number of furan rings is 1. The van der Waals surface area contributed by atoms with Gasteiger partial charge in [-0.1, -0.05) is 24.3 Å². The molecule has 2 atom stereocenters. The molecule has 0 bridgehead atoms. The smallest absolute Gasteiger partial charge is 0.234 e. The molecule has 6 heteroatoms. The molecular weight excluding hydrogens is 362 g/mol. The molecular formula is C21H21NO4S. The standard InChI is InChI=1S/C21H21NO4S/c1-13-20(23)22-21(27-13,19-17(24-2)9-6-10-18(19)25-3)12-15-11-14-7-4-5-8-16(14)26-15/h4-11,13H,12H2,1-3H3,(H,22,23). The zero-order chi connectivity index (χ0) is 19.0. The normalized spacial score (nSPS) is 22.0. The first-order valence-electron chi connectivity index (χ1n) is 8.75. The van der Waals surface area contributed by atoms with E-state index in [9.17, 15) is 4.79 Å². The molecule has 1 N–H and O–H groups in total. The third kappa shape index (κ3) is 3.04. The van der Waals surface area contributed by atoms with E-state index in [1.165, 1.54) is 0 Å². The number of ether oxygens (including phenoxy) is 2. The van der Waals surface area contributed by atoms with Gasteiger partial charge in [0.05, 0.1) is 25.0 Å². The van der Waals surface area contributed by atoms with Crippen LogP contribution in [-0.2, 0) is 16.1 Å². The fourth-order valence-electron chi connectivity index (χ4n) is 3.60. The lowest BCUT2D eigenvalue weighted by Crippen LogP contribution is -2.39. The van der Waals surface area contributed by atoms with Crippen molar-refractivity contribution in [2.24, 2.45) is 0 Å². The summed E-state index contributed by atoms with van der Waals surface area (Å²) >= 11 is 1.56. The first kappa shape index (κ1) is 17.8. The zero-order valence-corrected chi connectivity index (χ0v) is 16.3. The van der Waals surface area contributed by atoms with Crippen molar-refractivity contribution < 1.29 is 18.7 Å². The van der Waals surface area contributed by atoms with Gasteiger partial charge in [-0.25, -0.2) is 0 Å². The Labute approximate surface area is 162 Å². The largest absolute Gasteiger partial charge is 0.496 e. The van der Waals surface area contributed by atoms with Crippen LogP contribution in [0.25, 0.3) is 11.0 Å². The monoisotopic (exact) mass is 383 g/mol. The van der Waals surface area contributed by atoms with Gasteiger partial charge in [-0.3, -0.25) is 4.79 Å². The highest BCUT2D eigenvalue weighted by molar-refractivity contribution is 8.02. The van der Waals surface area contributed by atoms with Gasteiger partial charge in [0.15, 0.2) is 0 Å². The molecule has 1 aliphatic rings. The Morgan fingerprint density at radius 3 is 2.41 bits per heavy atom. The molecule has 5 nitrogen and oxygen atoms in total. The maximum atomic E-state index is 12.5. The Bertz CT molecular complexity index is 944. The van der Waals surface area contributed by atoms with Crippen molar-refractivity contribution in [1.82, 2.24) is 5.32 Å². The van der Waals surface area contributed by atoms with Gasteiger partial charge < -0.3 is 19.2 Å². The average molecular weight is 383 g/mol. The molecule has 0 aliphatic carbocycles. The van der Waals surface area contributed by atoms with Gasteiger partial charge in [-0.05, 0) is 31.2 Å². The Kier molecular flexibility index (Phi) is 4.52. The van der Waals surface area contributed by atoms with Gasteiger partial charge in [-0.15, -0.1) is 11.8 Å². The maximum absolute atomic E-state index is 12.5. The molecule has 1 fully saturated rings. The second-order valence-corrected chi connectivity index (χ2v) is 8.18. The van der Waals surface area contributed by atoms with Crippen LogP contribution in [0.2, 0.25) is 0 Å². The Balaban J connectivity index is 1.85. The van der Waals surface area contributed by atoms with Crippen LogP contribution < -0.4 is 14.8 Å². The van der Waals surface area contributed by atoms with Crippen molar-refractivity contribution in [2.75, 3.05) is 14.2 Å². The minimum absolute atomic E-state index is 0.0101. The van der Waals surface area contributed by atoms with E-state index >= 15 is 0 Å². The molecule has 2 heterocycles. The molecule has 140 valence electrons. The molecule has 1 amide bonds. The minimum atomic E-state index is -0.734. The number of hydrogen-bond acceptors (Lipinski definition) is 5. The van der Waals surface area contributed by atoms with Crippen LogP contribution in [0.15, 0.2) is 52.9 Å². The highest BCUT2D eigenvalue weighted by atomic mass is 32.2. The number of amides is 1. The average Bonchev–Trinajstić information content (AvgIpc) is 3.21. The summed E-state index contributed by atoms with van der Waals surface area (Å²) in [6.45, 7) is 1.91. The van der Waals surface area contributed by atoms with E-state index in [0.29, 0.717) is 17.9 Å². The molecule has 2 unspecified atom stereocenters. The predicted octanol–water partition coefficient (Wildman–Crippen LogP) is 4.10. The summed E-state index contributed by atoms with van der Waals surface area (Å²) in [4.78, 5) is 11.7. The number of benzene rings is 2. The third-order valence-corrected chi connectivity index (χ3v) is 6.22. The van der Waals surface area contributed by atoms with Gasteiger partial charge in [0.25, 0.3) is 0 Å². The highest BCUT2D eigenvalue weighted by Crippen LogP contribution is 2.51. The molecule has 2 aromatic carbocycles. The lowest BCUT2D eigenvalue weighted by molar-refractivity contribution is -0.120. The first-order valence-corrected chi connectivity index (χ1v) is 9.63. The quantitative estimate of drug-likeness (QED) is 0.719. The summed E-state index contributed by atoms with van der Waals surface area (Å²) in [5.41, 5.74) is 1.65. The molecule has 0 saturated carbocycles. The number of rotatable bonds is 5. The van der Waals surface area contributed by atoms with Crippen molar-refractivity contribution in [3.05, 3.63) is 59.9 Å². The number of fused-ring (bicyclic) bond motifs is 1. The first-order chi connectivity index (χ1) is 13.1. The topological polar surface area (TPSA) is 60.7 Å². The number of carbonyl (C=O) groups is 1. The van der Waals surface area contributed by atoms with E-state index in [2.05, 4.69) is 5.32 Å². The van der Waals surface area contributed by atoms with E-state index in [-0.39, 0.29) is 11.2 Å². The van der Waals surface area contributed by atoms with Gasteiger partial charge in [-0.2, -0.15) is 0 Å². The molecule has 4 rings (SSSR count).